The molecule has 6 atom stereocenters. The van der Waals surface area contributed by atoms with Gasteiger partial charge < -0.3 is 0 Å². The predicted molar refractivity (Wildman–Crippen MR) is 128 cm³/mol. The first-order valence-electron chi connectivity index (χ1n) is 13.1. The van der Waals surface area contributed by atoms with E-state index in [9.17, 15) is 9.59 Å². The molecule has 5 saturated carbocycles. The molecule has 0 N–H and O–H groups in total. The second kappa shape index (κ2) is 9.89. The number of ketones is 2. The van der Waals surface area contributed by atoms with Crippen molar-refractivity contribution in [3.05, 3.63) is 0 Å². The average Bonchev–Trinajstić information content (AvgIpc) is 2.79. The van der Waals surface area contributed by atoms with Crippen LogP contribution in [0.5, 0.6) is 0 Å². The first-order chi connectivity index (χ1) is 14.7. The Balaban J connectivity index is 1.32. The second-order valence-corrected chi connectivity index (χ2v) is 13.9. The SMILES string of the molecule is O=C1C2CCCC(SC3CCCCC3)C2C(=O)C2CCCC(SC3CCCCC3)C12. The van der Waals surface area contributed by atoms with Crippen molar-refractivity contribution in [1.29, 1.82) is 0 Å². The standard InChI is InChI=1S/C26H40O2S2/c27-25-20-14-8-16-22(30-18-11-5-2-6-12-18)24(20)26(28)19-13-7-15-21(23(19)25)29-17-9-3-1-4-10-17/h17-24H,1-16H2. The van der Waals surface area contributed by atoms with E-state index in [1.807, 2.05) is 0 Å². The molecule has 0 aromatic carbocycles. The normalized spacial score (nSPS) is 41.3. The lowest BCUT2D eigenvalue weighted by Gasteiger charge is -2.49. The van der Waals surface area contributed by atoms with E-state index in [0.29, 0.717) is 22.1 Å². The maximum Gasteiger partial charge on any atom is 0.141 e. The maximum atomic E-state index is 13.9. The minimum absolute atomic E-state index is 0.0536. The van der Waals surface area contributed by atoms with Crippen molar-refractivity contribution < 1.29 is 9.59 Å². The summed E-state index contributed by atoms with van der Waals surface area (Å²) in [4.78, 5) is 27.7. The number of thioether (sulfide) groups is 2. The Bertz CT molecular complexity index is 569. The summed E-state index contributed by atoms with van der Waals surface area (Å²) in [6, 6.07) is 0. The van der Waals surface area contributed by atoms with Gasteiger partial charge in [0.2, 0.25) is 0 Å². The van der Waals surface area contributed by atoms with Gasteiger partial charge in [-0.2, -0.15) is 23.5 Å². The Morgan fingerprint density at radius 3 is 1.27 bits per heavy atom. The molecule has 5 rings (SSSR count). The van der Waals surface area contributed by atoms with E-state index in [1.54, 1.807) is 0 Å². The molecule has 168 valence electrons. The van der Waals surface area contributed by atoms with Crippen LogP contribution in [0.2, 0.25) is 0 Å². The summed E-state index contributed by atoms with van der Waals surface area (Å²) in [6.07, 6.45) is 20.1. The third-order valence-electron chi connectivity index (χ3n) is 8.90. The molecule has 0 saturated heterocycles. The number of carbonyl (C=O) groups is 2. The molecule has 0 aliphatic heterocycles. The summed E-state index contributed by atoms with van der Waals surface area (Å²) in [5.74, 6) is 1.26. The van der Waals surface area contributed by atoms with Crippen LogP contribution in [0.15, 0.2) is 0 Å². The average molecular weight is 449 g/mol. The summed E-state index contributed by atoms with van der Waals surface area (Å²) in [7, 11) is 0. The molecule has 5 fully saturated rings. The van der Waals surface area contributed by atoms with E-state index in [0.717, 1.165) is 36.2 Å². The third kappa shape index (κ3) is 4.43. The Kier molecular flexibility index (Phi) is 7.21. The smallest absolute Gasteiger partial charge is 0.141 e. The van der Waals surface area contributed by atoms with E-state index in [-0.39, 0.29) is 23.7 Å². The molecule has 0 radical (unpaired) electrons. The molecule has 6 unspecified atom stereocenters. The van der Waals surface area contributed by atoms with Crippen LogP contribution in [0.3, 0.4) is 0 Å². The minimum Gasteiger partial charge on any atom is -0.299 e. The Morgan fingerprint density at radius 1 is 0.467 bits per heavy atom. The van der Waals surface area contributed by atoms with Crippen LogP contribution in [0.4, 0.5) is 0 Å². The van der Waals surface area contributed by atoms with Crippen molar-refractivity contribution in [1.82, 2.24) is 0 Å². The van der Waals surface area contributed by atoms with Gasteiger partial charge in [-0.25, -0.2) is 0 Å². The number of hydrogen-bond donors (Lipinski definition) is 0. The second-order valence-electron chi connectivity index (χ2n) is 10.8. The van der Waals surface area contributed by atoms with Gasteiger partial charge in [0.15, 0.2) is 0 Å². The van der Waals surface area contributed by atoms with Crippen LogP contribution in [0, 0.1) is 23.7 Å². The molecule has 0 amide bonds. The molecule has 30 heavy (non-hydrogen) atoms. The first-order valence-corrected chi connectivity index (χ1v) is 15.0. The van der Waals surface area contributed by atoms with E-state index < -0.39 is 0 Å². The van der Waals surface area contributed by atoms with E-state index in [4.69, 9.17) is 0 Å². The molecule has 0 heterocycles. The molecule has 5 aliphatic carbocycles. The third-order valence-corrected chi connectivity index (χ3v) is 12.4. The van der Waals surface area contributed by atoms with E-state index in [1.165, 1.54) is 77.0 Å². The van der Waals surface area contributed by atoms with Crippen molar-refractivity contribution in [3.8, 4) is 0 Å². The summed E-state index contributed by atoms with van der Waals surface area (Å²) in [6.45, 7) is 0. The van der Waals surface area contributed by atoms with Crippen molar-refractivity contribution in [2.45, 2.75) is 124 Å². The monoisotopic (exact) mass is 448 g/mol. The molecule has 5 aliphatic rings. The van der Waals surface area contributed by atoms with Gasteiger partial charge >= 0.3 is 0 Å². The van der Waals surface area contributed by atoms with Gasteiger partial charge in [-0.15, -0.1) is 0 Å². The molecule has 4 heteroatoms. The largest absolute Gasteiger partial charge is 0.299 e. The van der Waals surface area contributed by atoms with Gasteiger partial charge in [0.05, 0.1) is 0 Å². The summed E-state index contributed by atoms with van der Waals surface area (Å²) in [5, 5.41) is 2.33. The molecule has 0 aromatic rings. The first kappa shape index (κ1) is 21.9. The van der Waals surface area contributed by atoms with Crippen LogP contribution in [0.25, 0.3) is 0 Å². The van der Waals surface area contributed by atoms with Crippen molar-refractivity contribution in [2.24, 2.45) is 23.7 Å². The molecule has 0 spiro atoms. The van der Waals surface area contributed by atoms with Crippen LogP contribution in [0.1, 0.15) is 103 Å². The van der Waals surface area contributed by atoms with Crippen LogP contribution >= 0.6 is 23.5 Å². The fraction of sp³-hybridized carbons (Fsp3) is 0.923. The fourth-order valence-electron chi connectivity index (χ4n) is 7.41. The Hall–Kier alpha value is 0.0400. The van der Waals surface area contributed by atoms with Crippen LogP contribution in [-0.2, 0) is 9.59 Å². The Morgan fingerprint density at radius 2 is 0.867 bits per heavy atom. The lowest BCUT2D eigenvalue weighted by atomic mass is 9.58. The highest BCUT2D eigenvalue weighted by Gasteiger charge is 2.56. The number of carbonyl (C=O) groups excluding carboxylic acids is 2. The summed E-state index contributed by atoms with van der Waals surface area (Å²) in [5.41, 5.74) is 0. The highest BCUT2D eigenvalue weighted by atomic mass is 32.2. The molecular formula is C26H40O2S2. The molecular weight excluding hydrogens is 408 g/mol. The zero-order valence-electron chi connectivity index (χ0n) is 18.6. The number of fused-ring (bicyclic) bond motifs is 2. The minimum atomic E-state index is 0.0536. The van der Waals surface area contributed by atoms with Crippen LogP contribution in [-0.4, -0.2) is 32.6 Å². The lowest BCUT2D eigenvalue weighted by Crippen LogP contribution is -2.56. The van der Waals surface area contributed by atoms with Gasteiger partial charge in [0.1, 0.15) is 11.6 Å². The molecule has 2 nitrogen and oxygen atoms in total. The quantitative estimate of drug-likeness (QED) is 0.471. The molecule has 0 bridgehead atoms. The summed E-state index contributed by atoms with van der Waals surface area (Å²) >= 11 is 4.25. The fourth-order valence-corrected chi connectivity index (χ4v) is 11.2. The number of rotatable bonds is 4. The van der Waals surface area contributed by atoms with Crippen molar-refractivity contribution >= 4 is 35.1 Å². The zero-order chi connectivity index (χ0) is 20.5. The Labute approximate surface area is 191 Å². The summed E-state index contributed by atoms with van der Waals surface area (Å²) < 4.78 is 0. The topological polar surface area (TPSA) is 34.1 Å². The number of hydrogen-bond acceptors (Lipinski definition) is 4. The highest BCUT2D eigenvalue weighted by molar-refractivity contribution is 8.00. The van der Waals surface area contributed by atoms with Crippen molar-refractivity contribution in [2.75, 3.05) is 0 Å². The van der Waals surface area contributed by atoms with E-state index in [2.05, 4.69) is 23.5 Å². The van der Waals surface area contributed by atoms with Crippen molar-refractivity contribution in [3.63, 3.8) is 0 Å². The van der Waals surface area contributed by atoms with Gasteiger partial charge in [0, 0.05) is 44.7 Å². The van der Waals surface area contributed by atoms with Crippen LogP contribution < -0.4 is 0 Å². The molecule has 0 aromatic heterocycles. The zero-order valence-corrected chi connectivity index (χ0v) is 20.2. The van der Waals surface area contributed by atoms with Gasteiger partial charge in [-0.1, -0.05) is 51.4 Å². The van der Waals surface area contributed by atoms with Gasteiger partial charge in [-0.05, 0) is 51.4 Å². The van der Waals surface area contributed by atoms with Gasteiger partial charge in [0.25, 0.3) is 0 Å². The van der Waals surface area contributed by atoms with Gasteiger partial charge in [-0.3, -0.25) is 9.59 Å². The lowest BCUT2D eigenvalue weighted by molar-refractivity contribution is -0.150. The maximum absolute atomic E-state index is 13.9. The predicted octanol–water partition coefficient (Wildman–Crippen LogP) is 6.84. The van der Waals surface area contributed by atoms with E-state index >= 15 is 0 Å². The number of Topliss-reactive ketones (excluding diaryl/α,β-unsaturated/α-hetero) is 2. The highest BCUT2D eigenvalue weighted by Crippen LogP contribution is 2.53.